The van der Waals surface area contributed by atoms with Gasteiger partial charge in [-0.2, -0.15) is 0 Å². The number of hydrogen-bond donors (Lipinski definition) is 1. The van der Waals surface area contributed by atoms with Gasteiger partial charge in [-0.1, -0.05) is 115 Å². The van der Waals surface area contributed by atoms with Crippen molar-refractivity contribution >= 4 is 29.7 Å². The first-order chi connectivity index (χ1) is 22.1. The van der Waals surface area contributed by atoms with Crippen LogP contribution in [0.15, 0.2) is 121 Å². The summed E-state index contributed by atoms with van der Waals surface area (Å²) in [4.78, 5) is 41.5. The largest absolute Gasteiger partial charge is 0.467 e. The Labute approximate surface area is 270 Å². The third kappa shape index (κ3) is 7.04. The summed E-state index contributed by atoms with van der Waals surface area (Å²) in [6.45, 7) is 5.27. The fourth-order valence-corrected chi connectivity index (χ4v) is 6.03. The molecule has 5 rings (SSSR count). The lowest BCUT2D eigenvalue weighted by molar-refractivity contribution is -0.143. The van der Waals surface area contributed by atoms with Crippen molar-refractivity contribution in [1.29, 1.82) is 0 Å². The number of allylic oxidation sites excluding steroid dienone is 1. The van der Waals surface area contributed by atoms with Crippen molar-refractivity contribution in [2.75, 3.05) is 12.0 Å². The van der Waals surface area contributed by atoms with Gasteiger partial charge in [0.2, 0.25) is 5.91 Å². The van der Waals surface area contributed by atoms with Crippen LogP contribution in [0.25, 0.3) is 6.08 Å². The van der Waals surface area contributed by atoms with Crippen LogP contribution in [0.1, 0.15) is 55.5 Å². The Morgan fingerprint density at radius 3 is 2.04 bits per heavy atom. The van der Waals surface area contributed by atoms with E-state index in [1.165, 1.54) is 7.11 Å². The van der Waals surface area contributed by atoms with Gasteiger partial charge in [-0.15, -0.1) is 0 Å². The first-order valence-corrected chi connectivity index (χ1v) is 15.4. The molecule has 46 heavy (non-hydrogen) atoms. The Morgan fingerprint density at radius 1 is 0.870 bits per heavy atom. The highest BCUT2D eigenvalue weighted by atomic mass is 16.6. The summed E-state index contributed by atoms with van der Waals surface area (Å²) in [5.74, 6) is -0.564. The minimum Gasteiger partial charge on any atom is -0.467 e. The number of benzene rings is 4. The highest BCUT2D eigenvalue weighted by Crippen LogP contribution is 2.55. The molecule has 1 aliphatic heterocycles. The van der Waals surface area contributed by atoms with Crippen LogP contribution in [0.3, 0.4) is 0 Å². The lowest BCUT2D eigenvalue weighted by atomic mass is 9.61. The van der Waals surface area contributed by atoms with Gasteiger partial charge in [0.05, 0.1) is 13.2 Å². The number of para-hydroxylation sites is 1. The fraction of sp³-hybridized carbons (Fsp3) is 0.256. The Bertz CT molecular complexity index is 1660. The van der Waals surface area contributed by atoms with E-state index in [0.717, 1.165) is 27.9 Å². The number of methoxy groups -OCH3 is 1. The summed E-state index contributed by atoms with van der Waals surface area (Å²) >= 11 is 0. The number of hydrogen-bond acceptors (Lipinski definition) is 5. The molecule has 0 unspecified atom stereocenters. The number of alkyl carbamates (subject to hydrolysis) is 1. The summed E-state index contributed by atoms with van der Waals surface area (Å²) in [7, 11) is 1.28. The molecule has 4 aromatic rings. The summed E-state index contributed by atoms with van der Waals surface area (Å²) in [5, 5.41) is 2.64. The number of β-lactam (4-membered cyclic amide) rings is 1. The predicted octanol–water partition coefficient (Wildman–Crippen LogP) is 7.42. The maximum atomic E-state index is 14.5. The van der Waals surface area contributed by atoms with Gasteiger partial charge in [-0.05, 0) is 61.6 Å². The fourth-order valence-electron chi connectivity index (χ4n) is 6.03. The highest BCUT2D eigenvalue weighted by molar-refractivity contribution is 6.10. The molecular weight excluding hydrogens is 576 g/mol. The van der Waals surface area contributed by atoms with Gasteiger partial charge in [-0.3, -0.25) is 4.79 Å². The molecule has 1 saturated heterocycles. The number of carbonyl (C=O) groups excluding carboxylic acids is 3. The van der Waals surface area contributed by atoms with E-state index in [9.17, 15) is 14.4 Å². The van der Waals surface area contributed by atoms with E-state index < -0.39 is 29.1 Å². The van der Waals surface area contributed by atoms with Gasteiger partial charge in [0, 0.05) is 12.1 Å². The predicted molar refractivity (Wildman–Crippen MR) is 180 cm³/mol. The molecule has 0 aromatic heterocycles. The summed E-state index contributed by atoms with van der Waals surface area (Å²) in [6, 6.07) is 36.4. The smallest absolute Gasteiger partial charge is 0.408 e. The van der Waals surface area contributed by atoms with Crippen molar-refractivity contribution in [3.63, 3.8) is 0 Å². The molecule has 7 nitrogen and oxygen atoms in total. The van der Waals surface area contributed by atoms with Crippen LogP contribution in [0, 0.1) is 0 Å². The number of carbonyl (C=O) groups is 3. The molecular formula is C39H40N2O5. The summed E-state index contributed by atoms with van der Waals surface area (Å²) in [6.07, 6.45) is 4.11. The summed E-state index contributed by atoms with van der Waals surface area (Å²) in [5.41, 5.74) is 3.01. The lowest BCUT2D eigenvalue weighted by Gasteiger charge is -2.56. The van der Waals surface area contributed by atoms with Gasteiger partial charge in [0.25, 0.3) is 0 Å². The zero-order valence-corrected chi connectivity index (χ0v) is 26.7. The quantitative estimate of drug-likeness (QED) is 0.148. The number of nitrogens with one attached hydrogen (secondary N) is 1. The zero-order chi connectivity index (χ0) is 32.7. The monoisotopic (exact) mass is 616 g/mol. The van der Waals surface area contributed by atoms with Gasteiger partial charge in [0.1, 0.15) is 17.1 Å². The average molecular weight is 617 g/mol. The number of anilines is 1. The van der Waals surface area contributed by atoms with Gasteiger partial charge >= 0.3 is 12.1 Å². The van der Waals surface area contributed by atoms with Gasteiger partial charge < -0.3 is 19.7 Å². The number of esters is 1. The molecule has 0 saturated carbocycles. The molecule has 7 heteroatoms. The van der Waals surface area contributed by atoms with Crippen molar-refractivity contribution in [2.45, 2.75) is 56.7 Å². The van der Waals surface area contributed by atoms with E-state index in [1.54, 1.807) is 20.8 Å². The van der Waals surface area contributed by atoms with Crippen LogP contribution < -0.4 is 10.2 Å². The van der Waals surface area contributed by atoms with Crippen LogP contribution >= 0.6 is 0 Å². The van der Waals surface area contributed by atoms with Gasteiger partial charge in [0.15, 0.2) is 0 Å². The van der Waals surface area contributed by atoms with E-state index in [1.807, 2.05) is 108 Å². The highest BCUT2D eigenvalue weighted by Gasteiger charge is 2.61. The molecule has 3 atom stereocenters. The number of ether oxygens (including phenoxy) is 2. The Morgan fingerprint density at radius 2 is 1.46 bits per heavy atom. The lowest BCUT2D eigenvalue weighted by Crippen LogP contribution is -2.66. The maximum absolute atomic E-state index is 14.5. The second-order valence-corrected chi connectivity index (χ2v) is 12.4. The van der Waals surface area contributed by atoms with Crippen molar-refractivity contribution in [2.24, 2.45) is 0 Å². The second-order valence-electron chi connectivity index (χ2n) is 12.4. The number of rotatable bonds is 10. The third-order valence-electron chi connectivity index (χ3n) is 8.11. The molecule has 1 N–H and O–H groups in total. The van der Waals surface area contributed by atoms with Crippen LogP contribution in [0.4, 0.5) is 10.5 Å². The van der Waals surface area contributed by atoms with Gasteiger partial charge in [-0.25, -0.2) is 9.59 Å². The van der Waals surface area contributed by atoms with E-state index in [2.05, 4.69) is 29.6 Å². The standard InChI is InChI=1S/C39H40N2O5/c1-38(2,3)46-37(44)40-33(35(42)45-4)27-29-22-24-31(25-23-29)39(26-14-17-28-15-8-5-9-16-28)34(30-18-10-6-11-19-30)41(36(39)43)32-20-12-7-13-21-32/h5-25,33-34H,26-27H2,1-4H3,(H,40,44)/b17-14+/t33-,34+,39-/m0/s1. The minimum atomic E-state index is -0.940. The Balaban J connectivity index is 1.51. The molecule has 0 aliphatic carbocycles. The SMILES string of the molecule is COC(=O)[C@H](Cc1ccc([C@]2(C/C=C/c3ccccc3)C(=O)N(c3ccccc3)[C@@H]2c2ccccc2)cc1)NC(=O)OC(C)(C)C. The van der Waals surface area contributed by atoms with Crippen molar-refractivity contribution in [3.8, 4) is 0 Å². The number of nitrogens with zero attached hydrogens (tertiary/aromatic N) is 1. The maximum Gasteiger partial charge on any atom is 0.408 e. The Kier molecular flexibility index (Phi) is 9.71. The van der Waals surface area contributed by atoms with E-state index >= 15 is 0 Å². The van der Waals surface area contributed by atoms with Crippen LogP contribution in [0.2, 0.25) is 0 Å². The number of amides is 2. The second kappa shape index (κ2) is 13.9. The molecule has 1 aliphatic rings. The molecule has 236 valence electrons. The Hall–Kier alpha value is -5.17. The molecule has 1 fully saturated rings. The molecule has 1 heterocycles. The van der Waals surface area contributed by atoms with Crippen molar-refractivity contribution in [1.82, 2.24) is 5.32 Å². The van der Waals surface area contributed by atoms with E-state index in [0.29, 0.717) is 6.42 Å². The van der Waals surface area contributed by atoms with E-state index in [-0.39, 0.29) is 18.4 Å². The van der Waals surface area contributed by atoms with E-state index in [4.69, 9.17) is 9.47 Å². The molecule has 4 aromatic carbocycles. The first-order valence-electron chi connectivity index (χ1n) is 15.4. The van der Waals surface area contributed by atoms with Crippen molar-refractivity contribution < 1.29 is 23.9 Å². The van der Waals surface area contributed by atoms with Crippen LogP contribution in [-0.2, 0) is 30.9 Å². The molecule has 0 spiro atoms. The van der Waals surface area contributed by atoms with Crippen molar-refractivity contribution in [3.05, 3.63) is 144 Å². The van der Waals surface area contributed by atoms with Crippen LogP contribution in [0.5, 0.6) is 0 Å². The van der Waals surface area contributed by atoms with Crippen LogP contribution in [-0.4, -0.2) is 36.7 Å². The zero-order valence-electron chi connectivity index (χ0n) is 26.7. The normalized spacial score (nSPS) is 18.5. The topological polar surface area (TPSA) is 84.9 Å². The molecule has 2 amide bonds. The molecule has 0 bridgehead atoms. The first kappa shape index (κ1) is 32.2. The molecule has 0 radical (unpaired) electrons. The summed E-state index contributed by atoms with van der Waals surface area (Å²) < 4.78 is 10.3. The third-order valence-corrected chi connectivity index (χ3v) is 8.11. The minimum absolute atomic E-state index is 0.0112. The average Bonchev–Trinajstić information content (AvgIpc) is 3.05.